The number of carbonyl (C=O) groups excluding carboxylic acids is 4. The van der Waals surface area contributed by atoms with Gasteiger partial charge in [-0.15, -0.1) is 0 Å². The highest BCUT2D eigenvalue weighted by molar-refractivity contribution is 6.02. The van der Waals surface area contributed by atoms with Crippen LogP contribution in [0.15, 0.2) is 0 Å². The number of aliphatic carboxylic acids is 1. The first-order valence-corrected chi connectivity index (χ1v) is 7.49. The van der Waals surface area contributed by atoms with Gasteiger partial charge in [-0.2, -0.15) is 0 Å². The van der Waals surface area contributed by atoms with E-state index in [-0.39, 0.29) is 75.6 Å². The summed E-state index contributed by atoms with van der Waals surface area (Å²) >= 11 is 0. The molecule has 0 radical (unpaired) electrons. The highest BCUT2D eigenvalue weighted by Gasteiger charge is 2.33. The average Bonchev–Trinajstić information content (AvgIpc) is 2.96. The van der Waals surface area contributed by atoms with Gasteiger partial charge in [-0.3, -0.25) is 38.7 Å². The molecule has 0 unspecified atom stereocenters. The largest absolute Gasteiger partial charge is 0.481 e. The summed E-state index contributed by atoms with van der Waals surface area (Å²) in [5, 5.41) is 8.71. The van der Waals surface area contributed by atoms with Crippen molar-refractivity contribution in [2.75, 3.05) is 19.9 Å². The van der Waals surface area contributed by atoms with Gasteiger partial charge in [-0.05, 0) is 6.42 Å². The first-order chi connectivity index (χ1) is 10.9. The minimum atomic E-state index is -0.952. The lowest BCUT2D eigenvalue weighted by Gasteiger charge is -2.29. The Morgan fingerprint density at radius 1 is 0.870 bits per heavy atom. The summed E-state index contributed by atoms with van der Waals surface area (Å²) in [4.78, 5) is 61.2. The van der Waals surface area contributed by atoms with Crippen LogP contribution in [0.4, 0.5) is 0 Å². The first-order valence-electron chi connectivity index (χ1n) is 7.49. The smallest absolute Gasteiger partial charge is 0.303 e. The minimum absolute atomic E-state index is 0.0334. The van der Waals surface area contributed by atoms with E-state index in [9.17, 15) is 24.0 Å². The van der Waals surface area contributed by atoms with Gasteiger partial charge in [0.1, 0.15) is 0 Å². The number of nitrogens with zero attached hydrogens (tertiary/aromatic N) is 3. The lowest BCUT2D eigenvalue weighted by molar-refractivity contribution is -0.145. The Balaban J connectivity index is 2.00. The molecule has 0 aliphatic carbocycles. The molecule has 2 saturated heterocycles. The van der Waals surface area contributed by atoms with E-state index in [0.29, 0.717) is 6.42 Å². The van der Waals surface area contributed by atoms with Gasteiger partial charge in [0.05, 0.1) is 13.3 Å². The molecule has 0 spiro atoms. The van der Waals surface area contributed by atoms with Crippen LogP contribution in [0.3, 0.4) is 0 Å². The molecule has 0 aromatic carbocycles. The molecule has 4 amide bonds. The maximum Gasteiger partial charge on any atom is 0.303 e. The lowest BCUT2D eigenvalue weighted by atomic mass is 10.3. The zero-order chi connectivity index (χ0) is 17.0. The molecule has 9 nitrogen and oxygen atoms in total. The molecule has 0 atom stereocenters. The summed E-state index contributed by atoms with van der Waals surface area (Å²) in [5.41, 5.74) is 0. The number of likely N-dealkylation sites (tertiary alicyclic amines) is 2. The van der Waals surface area contributed by atoms with Crippen LogP contribution in [-0.2, 0) is 24.0 Å². The van der Waals surface area contributed by atoms with E-state index in [1.807, 2.05) is 0 Å². The number of carboxylic acid groups (broad SMARTS) is 1. The van der Waals surface area contributed by atoms with Crippen LogP contribution in [0, 0.1) is 0 Å². The van der Waals surface area contributed by atoms with Crippen LogP contribution < -0.4 is 0 Å². The Kier molecular flexibility index (Phi) is 5.43. The van der Waals surface area contributed by atoms with Gasteiger partial charge in [0.15, 0.2) is 0 Å². The zero-order valence-electron chi connectivity index (χ0n) is 12.7. The maximum absolute atomic E-state index is 11.7. The van der Waals surface area contributed by atoms with Crippen molar-refractivity contribution in [3.05, 3.63) is 0 Å². The number of carbonyl (C=O) groups is 5. The van der Waals surface area contributed by atoms with Crippen LogP contribution in [0.1, 0.15) is 38.5 Å². The number of carboxylic acids is 1. The van der Waals surface area contributed by atoms with E-state index in [0.717, 1.165) is 9.80 Å². The average molecular weight is 325 g/mol. The van der Waals surface area contributed by atoms with Crippen molar-refractivity contribution in [1.82, 2.24) is 14.7 Å². The summed E-state index contributed by atoms with van der Waals surface area (Å²) in [6.07, 6.45) is 0.849. The minimum Gasteiger partial charge on any atom is -0.481 e. The van der Waals surface area contributed by atoms with E-state index in [4.69, 9.17) is 5.11 Å². The third-order valence-electron chi connectivity index (χ3n) is 3.86. The van der Waals surface area contributed by atoms with Gasteiger partial charge in [0.25, 0.3) is 0 Å². The Morgan fingerprint density at radius 3 is 1.61 bits per heavy atom. The van der Waals surface area contributed by atoms with Crippen LogP contribution in [-0.4, -0.2) is 69.3 Å². The maximum atomic E-state index is 11.7. The lowest BCUT2D eigenvalue weighted by Crippen LogP contribution is -2.47. The number of hydrogen-bond donors (Lipinski definition) is 1. The summed E-state index contributed by atoms with van der Waals surface area (Å²) < 4.78 is 0. The van der Waals surface area contributed by atoms with Crippen molar-refractivity contribution in [3.8, 4) is 0 Å². The summed E-state index contributed by atoms with van der Waals surface area (Å²) in [7, 11) is 0. The van der Waals surface area contributed by atoms with Crippen molar-refractivity contribution in [2.45, 2.75) is 38.5 Å². The van der Waals surface area contributed by atoms with E-state index in [1.165, 1.54) is 0 Å². The Bertz CT molecular complexity index is 477. The fraction of sp³-hybridized carbons (Fsp3) is 0.643. The number of hydrogen-bond acceptors (Lipinski definition) is 6. The monoisotopic (exact) mass is 325 g/mol. The predicted molar refractivity (Wildman–Crippen MR) is 75.5 cm³/mol. The van der Waals surface area contributed by atoms with Crippen molar-refractivity contribution >= 4 is 29.6 Å². The van der Waals surface area contributed by atoms with Gasteiger partial charge in [-0.25, -0.2) is 0 Å². The molecule has 2 fully saturated rings. The van der Waals surface area contributed by atoms with E-state index in [1.54, 1.807) is 4.90 Å². The predicted octanol–water partition coefficient (Wildman–Crippen LogP) is -0.634. The quantitative estimate of drug-likeness (QED) is 0.590. The topological polar surface area (TPSA) is 115 Å². The van der Waals surface area contributed by atoms with E-state index >= 15 is 0 Å². The zero-order valence-corrected chi connectivity index (χ0v) is 12.7. The van der Waals surface area contributed by atoms with Crippen LogP contribution >= 0.6 is 0 Å². The Morgan fingerprint density at radius 2 is 1.26 bits per heavy atom. The first kappa shape index (κ1) is 17.1. The van der Waals surface area contributed by atoms with Gasteiger partial charge in [0, 0.05) is 38.6 Å². The standard InChI is InChI=1S/C14H19N3O6/c18-10-3-4-11(19)16(10)8-15(7-1-2-14(22)23)9-17-12(20)5-6-13(17)21/h1-9H2,(H,22,23). The van der Waals surface area contributed by atoms with Crippen molar-refractivity contribution in [1.29, 1.82) is 0 Å². The van der Waals surface area contributed by atoms with Crippen LogP contribution in [0.5, 0.6) is 0 Å². The highest BCUT2D eigenvalue weighted by atomic mass is 16.4. The highest BCUT2D eigenvalue weighted by Crippen LogP contribution is 2.16. The SMILES string of the molecule is O=C(O)CCCN(CN1C(=O)CCC1=O)CN1C(=O)CCC1=O. The summed E-state index contributed by atoms with van der Waals surface area (Å²) in [6, 6.07) is 0. The molecule has 9 heteroatoms. The van der Waals surface area contributed by atoms with E-state index < -0.39 is 5.97 Å². The molecule has 1 N–H and O–H groups in total. The molecule has 2 heterocycles. The second kappa shape index (κ2) is 7.32. The number of amides is 4. The van der Waals surface area contributed by atoms with Crippen molar-refractivity contribution in [2.24, 2.45) is 0 Å². The van der Waals surface area contributed by atoms with Crippen molar-refractivity contribution < 1.29 is 29.1 Å². The molecular weight excluding hydrogens is 306 g/mol. The third kappa shape index (κ3) is 4.35. The molecular formula is C14H19N3O6. The van der Waals surface area contributed by atoms with Gasteiger partial charge in [-0.1, -0.05) is 0 Å². The van der Waals surface area contributed by atoms with Crippen LogP contribution in [0.25, 0.3) is 0 Å². The fourth-order valence-electron chi connectivity index (χ4n) is 2.60. The molecule has 2 rings (SSSR count). The summed E-state index contributed by atoms with van der Waals surface area (Å²) in [6.45, 7) is 0.198. The molecule has 0 aromatic heterocycles. The molecule has 2 aliphatic rings. The normalized spacial score (nSPS) is 18.7. The molecule has 0 saturated carbocycles. The van der Waals surface area contributed by atoms with Gasteiger partial charge >= 0.3 is 5.97 Å². The number of imide groups is 2. The van der Waals surface area contributed by atoms with Gasteiger partial charge < -0.3 is 5.11 Å². The Hall–Kier alpha value is -2.29. The van der Waals surface area contributed by atoms with E-state index in [2.05, 4.69) is 0 Å². The Labute approximate surface area is 132 Å². The molecule has 126 valence electrons. The third-order valence-corrected chi connectivity index (χ3v) is 3.86. The second-order valence-corrected chi connectivity index (χ2v) is 5.61. The van der Waals surface area contributed by atoms with Crippen LogP contribution in [0.2, 0.25) is 0 Å². The molecule has 2 aliphatic heterocycles. The second-order valence-electron chi connectivity index (χ2n) is 5.61. The summed E-state index contributed by atoms with van der Waals surface area (Å²) in [5.74, 6) is -2.13. The molecule has 0 aromatic rings. The molecule has 23 heavy (non-hydrogen) atoms. The molecule has 0 bridgehead atoms. The van der Waals surface area contributed by atoms with Crippen molar-refractivity contribution in [3.63, 3.8) is 0 Å². The van der Waals surface area contributed by atoms with Gasteiger partial charge in [0.2, 0.25) is 23.6 Å². The fourth-order valence-corrected chi connectivity index (χ4v) is 2.60. The number of rotatable bonds is 8.